The van der Waals surface area contributed by atoms with Gasteiger partial charge in [-0.05, 0) is 177 Å². The Labute approximate surface area is 451 Å². The maximum atomic E-state index is 13.2. The zero-order chi connectivity index (χ0) is 54.5. The van der Waals surface area contributed by atoms with E-state index in [1.807, 2.05) is 144 Å². The quantitative estimate of drug-likeness (QED) is 0.0863. The maximum absolute atomic E-state index is 13.2. The van der Waals surface area contributed by atoms with Crippen LogP contribution in [0.3, 0.4) is 0 Å². The highest BCUT2D eigenvalue weighted by Gasteiger charge is 2.30. The zero-order valence-corrected chi connectivity index (χ0v) is 45.9. The first-order valence-corrected chi connectivity index (χ1v) is 27.2. The number of hydrogen-bond acceptors (Lipinski definition) is 8. The van der Waals surface area contributed by atoms with Crippen molar-refractivity contribution in [2.75, 3.05) is 36.0 Å². The normalized spacial score (nSPS) is 14.6. The number of rotatable bonds is 18. The molecule has 2 aliphatic rings. The van der Waals surface area contributed by atoms with Gasteiger partial charge >= 0.3 is 5.97 Å². The first kappa shape index (κ1) is 56.4. The Kier molecular flexibility index (Phi) is 19.7. The number of carbonyl (C=O) groups is 4. The second kappa shape index (κ2) is 26.5. The predicted octanol–water partition coefficient (Wildman–Crippen LogP) is 12.3. The van der Waals surface area contributed by atoms with Gasteiger partial charge in [0.15, 0.2) is 0 Å². The van der Waals surface area contributed by atoms with Crippen molar-refractivity contribution in [3.8, 4) is 0 Å². The second-order valence-electron chi connectivity index (χ2n) is 21.4. The molecule has 12 nitrogen and oxygen atoms in total. The summed E-state index contributed by atoms with van der Waals surface area (Å²) in [6.45, 7) is 22.1. The number of carbonyl (C=O) groups excluding carboxylic acids is 3. The zero-order valence-electron chi connectivity index (χ0n) is 45.9. The van der Waals surface area contributed by atoms with Crippen LogP contribution in [0.2, 0.25) is 0 Å². The van der Waals surface area contributed by atoms with Crippen molar-refractivity contribution in [2.45, 2.75) is 130 Å². The number of amides is 3. The lowest BCUT2D eigenvalue weighted by molar-refractivity contribution is 0.0634. The van der Waals surface area contributed by atoms with E-state index in [4.69, 9.17) is 5.73 Å². The fraction of sp³-hybridized carbons (Fsp3) is 0.375. The first-order valence-electron chi connectivity index (χ1n) is 27.2. The summed E-state index contributed by atoms with van der Waals surface area (Å²) < 4.78 is 0. The molecule has 6 aromatic carbocycles. The molecular formula is C64H79N7O5. The molecular weight excluding hydrogens is 947 g/mol. The van der Waals surface area contributed by atoms with Gasteiger partial charge in [-0.2, -0.15) is 0 Å². The summed E-state index contributed by atoms with van der Waals surface area (Å²) in [7, 11) is 0. The third-order valence-corrected chi connectivity index (χ3v) is 14.6. The minimum Gasteiger partial charge on any atom is -0.478 e. The number of aromatic carboxylic acids is 1. The number of benzene rings is 6. The van der Waals surface area contributed by atoms with E-state index in [2.05, 4.69) is 74.2 Å². The van der Waals surface area contributed by atoms with Crippen LogP contribution in [0.25, 0.3) is 0 Å². The fourth-order valence-corrected chi connectivity index (χ4v) is 11.1. The first-order chi connectivity index (χ1) is 36.5. The number of nitrogens with two attached hydrogens (primary N) is 1. The van der Waals surface area contributed by atoms with Gasteiger partial charge in [-0.15, -0.1) is 0 Å². The highest BCUT2D eigenvalue weighted by Crippen LogP contribution is 2.36. The standard InChI is InChI=1S/C32H40N4O2.C32H39N3O3/c1-23(2)35(24(3)4)32(38)26-13-15-28(16-14-26)36(30-12-8-11-27(21-30)31(33)37)29-17-19-34(20-18-29)22-25-9-6-5-7-10-25;1-23(2)34(24(3)4)31(36)26-13-15-28(16-14-26)35(30-12-8-11-27(21-30)32(37)38)29-17-19-33(20-18-29)22-25-9-6-5-7-10-25/h5-16,21,23-24,29H,17-20,22H2,1-4H3,(H2,33,37);5-16,21,23-24,29H,17-20,22H2,1-4H3,(H,37,38). The predicted molar refractivity (Wildman–Crippen MR) is 308 cm³/mol. The van der Waals surface area contributed by atoms with Crippen LogP contribution in [-0.2, 0) is 13.1 Å². The van der Waals surface area contributed by atoms with Crippen LogP contribution in [0.15, 0.2) is 158 Å². The number of likely N-dealkylation sites (tertiary alicyclic amines) is 2. The van der Waals surface area contributed by atoms with Crippen molar-refractivity contribution in [1.29, 1.82) is 0 Å². The van der Waals surface area contributed by atoms with Crippen LogP contribution in [-0.4, -0.2) is 111 Å². The van der Waals surface area contributed by atoms with Crippen molar-refractivity contribution in [3.63, 3.8) is 0 Å². The third-order valence-electron chi connectivity index (χ3n) is 14.6. The minimum absolute atomic E-state index is 0.0233. The molecule has 3 amide bonds. The second-order valence-corrected chi connectivity index (χ2v) is 21.4. The summed E-state index contributed by atoms with van der Waals surface area (Å²) in [6, 6.07) is 52.4. The molecule has 2 fully saturated rings. The lowest BCUT2D eigenvalue weighted by atomic mass is 9.99. The molecule has 400 valence electrons. The lowest BCUT2D eigenvalue weighted by Gasteiger charge is -2.40. The Hall–Kier alpha value is -7.28. The molecule has 0 atom stereocenters. The van der Waals surface area contributed by atoms with Crippen molar-refractivity contribution in [2.24, 2.45) is 5.73 Å². The highest BCUT2D eigenvalue weighted by molar-refractivity contribution is 5.96. The molecule has 76 heavy (non-hydrogen) atoms. The summed E-state index contributed by atoms with van der Waals surface area (Å²) >= 11 is 0. The number of carboxylic acids is 1. The molecule has 0 aliphatic carbocycles. The minimum atomic E-state index is -0.937. The molecule has 2 heterocycles. The molecule has 2 aliphatic heterocycles. The Morgan fingerprint density at radius 1 is 0.447 bits per heavy atom. The molecule has 0 unspecified atom stereocenters. The van der Waals surface area contributed by atoms with E-state index in [1.165, 1.54) is 11.1 Å². The van der Waals surface area contributed by atoms with Crippen LogP contribution in [0.1, 0.15) is 134 Å². The molecule has 6 aromatic rings. The average molecular weight is 1030 g/mol. The Balaban J connectivity index is 0.000000221. The largest absolute Gasteiger partial charge is 0.478 e. The Morgan fingerprint density at radius 2 is 0.789 bits per heavy atom. The van der Waals surface area contributed by atoms with Gasteiger partial charge in [-0.25, -0.2) is 4.79 Å². The smallest absolute Gasteiger partial charge is 0.335 e. The number of primary amides is 1. The fourth-order valence-electron chi connectivity index (χ4n) is 11.1. The summed E-state index contributed by atoms with van der Waals surface area (Å²) in [5.74, 6) is -1.31. The van der Waals surface area contributed by atoms with Gasteiger partial charge < -0.3 is 30.4 Å². The van der Waals surface area contributed by atoms with Crippen molar-refractivity contribution in [3.05, 3.63) is 191 Å². The molecule has 2 saturated heterocycles. The van der Waals surface area contributed by atoms with E-state index in [1.54, 1.807) is 24.3 Å². The number of hydrogen-bond donors (Lipinski definition) is 2. The van der Waals surface area contributed by atoms with Gasteiger partial charge in [-0.3, -0.25) is 24.2 Å². The number of carboxylic acid groups (broad SMARTS) is 1. The molecule has 0 saturated carbocycles. The van der Waals surface area contributed by atoms with Crippen LogP contribution in [0.4, 0.5) is 22.7 Å². The van der Waals surface area contributed by atoms with Crippen molar-refractivity contribution >= 4 is 46.4 Å². The van der Waals surface area contributed by atoms with Crippen molar-refractivity contribution in [1.82, 2.24) is 19.6 Å². The van der Waals surface area contributed by atoms with Gasteiger partial charge in [0.1, 0.15) is 0 Å². The van der Waals surface area contributed by atoms with E-state index in [9.17, 15) is 24.3 Å². The van der Waals surface area contributed by atoms with Crippen molar-refractivity contribution < 1.29 is 24.3 Å². The van der Waals surface area contributed by atoms with Crippen LogP contribution in [0, 0.1) is 0 Å². The molecule has 0 radical (unpaired) electrons. The Bertz CT molecular complexity index is 2610. The SMILES string of the molecule is CC(C)N(C(=O)c1ccc(N(c2cccc(C(=O)O)c2)C2CCN(Cc3ccccc3)CC2)cc1)C(C)C.CC(C)N(C(=O)c1ccc(N(c2cccc(C(N)=O)c2)C2CCN(Cc3ccccc3)CC2)cc1)C(C)C. The van der Waals surface area contributed by atoms with Crippen LogP contribution in [0.5, 0.6) is 0 Å². The monoisotopic (exact) mass is 1030 g/mol. The van der Waals surface area contributed by atoms with E-state index < -0.39 is 11.9 Å². The third kappa shape index (κ3) is 14.6. The summed E-state index contributed by atoms with van der Waals surface area (Å²) in [5, 5.41) is 9.62. The van der Waals surface area contributed by atoms with Gasteiger partial charge in [-0.1, -0.05) is 72.8 Å². The van der Waals surface area contributed by atoms with Gasteiger partial charge in [0.2, 0.25) is 5.91 Å². The van der Waals surface area contributed by atoms with E-state index >= 15 is 0 Å². The van der Waals surface area contributed by atoms with Crippen LogP contribution < -0.4 is 15.5 Å². The lowest BCUT2D eigenvalue weighted by Crippen LogP contribution is -2.43. The Morgan fingerprint density at radius 3 is 1.12 bits per heavy atom. The summed E-state index contributed by atoms with van der Waals surface area (Å²) in [4.78, 5) is 63.5. The molecule has 8 rings (SSSR count). The van der Waals surface area contributed by atoms with Crippen LogP contribution >= 0.6 is 0 Å². The molecule has 12 heteroatoms. The van der Waals surface area contributed by atoms with E-state index in [0.29, 0.717) is 16.7 Å². The molecule has 0 spiro atoms. The summed E-state index contributed by atoms with van der Waals surface area (Å²) in [5.41, 5.74) is 14.1. The van der Waals surface area contributed by atoms with Gasteiger partial charge in [0.25, 0.3) is 11.8 Å². The maximum Gasteiger partial charge on any atom is 0.335 e. The van der Waals surface area contributed by atoms with Gasteiger partial charge in [0.05, 0.1) is 5.56 Å². The van der Waals surface area contributed by atoms with Gasteiger partial charge in [0, 0.05) is 115 Å². The summed E-state index contributed by atoms with van der Waals surface area (Å²) in [6.07, 6.45) is 3.89. The average Bonchev–Trinajstić information content (AvgIpc) is 3.41. The topological polar surface area (TPSA) is 134 Å². The number of piperidine rings is 2. The van der Waals surface area contributed by atoms with E-state index in [0.717, 1.165) is 87.7 Å². The molecule has 0 aromatic heterocycles. The van der Waals surface area contributed by atoms with E-state index in [-0.39, 0.29) is 53.6 Å². The molecule has 3 N–H and O–H groups in total. The number of anilines is 4. The molecule has 0 bridgehead atoms. The highest BCUT2D eigenvalue weighted by atomic mass is 16.4. The number of nitrogens with zero attached hydrogens (tertiary/aromatic N) is 6.